The van der Waals surface area contributed by atoms with Gasteiger partial charge in [0.05, 0.1) is 0 Å². The molecule has 0 radical (unpaired) electrons. The molecule has 0 heterocycles. The highest BCUT2D eigenvalue weighted by molar-refractivity contribution is 6.11. The molecule has 0 saturated heterocycles. The van der Waals surface area contributed by atoms with Crippen LogP contribution in [0, 0.1) is 21.7 Å². The van der Waals surface area contributed by atoms with Crippen LogP contribution < -0.4 is 0 Å². The zero-order valence-electron chi connectivity index (χ0n) is 24.1. The van der Waals surface area contributed by atoms with E-state index in [4.69, 9.17) is 0 Å². The number of Topliss-reactive ketones (excluding diaryl/α,β-unsaturated/α-hetero) is 2. The summed E-state index contributed by atoms with van der Waals surface area (Å²) in [6, 6.07) is 0. The van der Waals surface area contributed by atoms with Crippen LogP contribution in [0.3, 0.4) is 0 Å². The van der Waals surface area contributed by atoms with E-state index in [9.17, 15) is 19.8 Å². The van der Waals surface area contributed by atoms with E-state index in [1.54, 1.807) is 0 Å². The SMILES string of the molecule is CC1(C)C=C(CCCC(C)(C)CO)C(=O)C(CCC2=CC(C)(C)C=C(CCCC(C)(C)CO)C2=O)=C1. The van der Waals surface area contributed by atoms with Crippen LogP contribution in [0.5, 0.6) is 0 Å². The van der Waals surface area contributed by atoms with Crippen molar-refractivity contribution >= 4 is 11.6 Å². The molecule has 0 unspecified atom stereocenters. The Morgan fingerprint density at radius 2 is 0.861 bits per heavy atom. The molecule has 2 rings (SSSR count). The van der Waals surface area contributed by atoms with Crippen LogP contribution in [0.2, 0.25) is 0 Å². The Labute approximate surface area is 219 Å². The number of hydrogen-bond acceptors (Lipinski definition) is 4. The highest BCUT2D eigenvalue weighted by Crippen LogP contribution is 2.38. The molecule has 0 atom stereocenters. The quantitative estimate of drug-likeness (QED) is 0.285. The van der Waals surface area contributed by atoms with Gasteiger partial charge < -0.3 is 10.2 Å². The van der Waals surface area contributed by atoms with Crippen molar-refractivity contribution in [1.82, 2.24) is 0 Å². The standard InChI is InChI=1S/C32H50O4/c1-29(2,21-33)15-9-11-23-17-31(5,6)19-25(27(23)35)13-14-26-20-32(7,8)18-24(28(26)36)12-10-16-30(3,4)22-34/h17-20,33-34H,9-16,21-22H2,1-8H3. The predicted molar refractivity (Wildman–Crippen MR) is 149 cm³/mol. The summed E-state index contributed by atoms with van der Waals surface area (Å²) in [4.78, 5) is 26.7. The van der Waals surface area contributed by atoms with Crippen molar-refractivity contribution in [2.24, 2.45) is 21.7 Å². The second-order valence-electron chi connectivity index (χ2n) is 13.8. The van der Waals surface area contributed by atoms with Crippen molar-refractivity contribution in [2.45, 2.75) is 107 Å². The molecular weight excluding hydrogens is 448 g/mol. The van der Waals surface area contributed by atoms with Crippen molar-refractivity contribution in [3.63, 3.8) is 0 Å². The van der Waals surface area contributed by atoms with Crippen LogP contribution in [0.4, 0.5) is 0 Å². The van der Waals surface area contributed by atoms with Crippen LogP contribution >= 0.6 is 0 Å². The molecular formula is C32H50O4. The van der Waals surface area contributed by atoms with Gasteiger partial charge >= 0.3 is 0 Å². The Balaban J connectivity index is 2.06. The van der Waals surface area contributed by atoms with Gasteiger partial charge in [-0.05, 0) is 84.5 Å². The normalized spacial score (nSPS) is 20.1. The second kappa shape index (κ2) is 11.7. The summed E-state index contributed by atoms with van der Waals surface area (Å²) in [6.07, 6.45) is 14.4. The van der Waals surface area contributed by atoms with Crippen molar-refractivity contribution in [3.05, 3.63) is 46.6 Å². The minimum Gasteiger partial charge on any atom is -0.396 e. The zero-order chi connectivity index (χ0) is 27.4. The number of allylic oxidation sites excluding steroid dienone is 8. The van der Waals surface area contributed by atoms with Crippen LogP contribution in [0.25, 0.3) is 0 Å². The monoisotopic (exact) mass is 498 g/mol. The zero-order valence-corrected chi connectivity index (χ0v) is 24.1. The summed E-state index contributed by atoms with van der Waals surface area (Å²) in [5.41, 5.74) is 2.69. The summed E-state index contributed by atoms with van der Waals surface area (Å²) < 4.78 is 0. The summed E-state index contributed by atoms with van der Waals surface area (Å²) in [7, 11) is 0. The van der Waals surface area contributed by atoms with Gasteiger partial charge in [0.1, 0.15) is 0 Å². The Morgan fingerprint density at radius 1 is 0.583 bits per heavy atom. The van der Waals surface area contributed by atoms with Gasteiger partial charge in [-0.1, -0.05) is 79.7 Å². The molecule has 2 N–H and O–H groups in total. The minimum atomic E-state index is -0.195. The lowest BCUT2D eigenvalue weighted by molar-refractivity contribution is -0.114. The van der Waals surface area contributed by atoms with Gasteiger partial charge in [-0.3, -0.25) is 9.59 Å². The highest BCUT2D eigenvalue weighted by atomic mass is 16.3. The maximum Gasteiger partial charge on any atom is 0.184 e. The maximum atomic E-state index is 13.3. The van der Waals surface area contributed by atoms with Gasteiger partial charge in [0.25, 0.3) is 0 Å². The first-order chi connectivity index (χ1) is 16.5. The topological polar surface area (TPSA) is 74.6 Å². The first-order valence-corrected chi connectivity index (χ1v) is 13.7. The molecule has 0 fully saturated rings. The largest absolute Gasteiger partial charge is 0.396 e. The molecule has 0 saturated carbocycles. The lowest BCUT2D eigenvalue weighted by Crippen LogP contribution is -2.22. The fourth-order valence-corrected chi connectivity index (χ4v) is 5.24. The van der Waals surface area contributed by atoms with E-state index in [1.165, 1.54) is 0 Å². The average Bonchev–Trinajstić information content (AvgIpc) is 2.76. The van der Waals surface area contributed by atoms with E-state index in [-0.39, 0.29) is 46.4 Å². The molecule has 0 spiro atoms. The molecule has 2 aliphatic carbocycles. The number of hydrogen-bond donors (Lipinski definition) is 2. The fraction of sp³-hybridized carbons (Fsp3) is 0.688. The highest BCUT2D eigenvalue weighted by Gasteiger charge is 2.30. The number of carbonyl (C=O) groups excluding carboxylic acids is 2. The molecule has 0 aromatic rings. The summed E-state index contributed by atoms with van der Waals surface area (Å²) >= 11 is 0. The molecule has 0 aromatic carbocycles. The van der Waals surface area contributed by atoms with Gasteiger partial charge in [-0.15, -0.1) is 0 Å². The number of aliphatic hydroxyl groups excluding tert-OH is 2. The van der Waals surface area contributed by atoms with Crippen LogP contribution in [0.1, 0.15) is 107 Å². The van der Waals surface area contributed by atoms with Crippen molar-refractivity contribution in [2.75, 3.05) is 13.2 Å². The summed E-state index contributed by atoms with van der Waals surface area (Å²) in [6.45, 7) is 17.0. The summed E-state index contributed by atoms with van der Waals surface area (Å²) in [5, 5.41) is 19.1. The van der Waals surface area contributed by atoms with Crippen LogP contribution in [0.15, 0.2) is 46.6 Å². The molecule has 4 heteroatoms. The smallest absolute Gasteiger partial charge is 0.184 e. The lowest BCUT2D eigenvalue weighted by Gasteiger charge is -2.28. The van der Waals surface area contributed by atoms with Crippen molar-refractivity contribution in [1.29, 1.82) is 0 Å². The lowest BCUT2D eigenvalue weighted by atomic mass is 9.75. The fourth-order valence-electron chi connectivity index (χ4n) is 5.24. The molecule has 0 bridgehead atoms. The minimum absolute atomic E-state index is 0.112. The predicted octanol–water partition coefficient (Wildman–Crippen LogP) is 7.07. The third kappa shape index (κ3) is 8.95. The van der Waals surface area contributed by atoms with Gasteiger partial charge in [-0.2, -0.15) is 0 Å². The molecule has 2 aliphatic rings. The van der Waals surface area contributed by atoms with E-state index >= 15 is 0 Å². The number of rotatable bonds is 13. The first kappa shape index (κ1) is 30.4. The van der Waals surface area contributed by atoms with E-state index in [1.807, 2.05) is 27.7 Å². The van der Waals surface area contributed by atoms with Crippen LogP contribution in [-0.2, 0) is 9.59 Å². The number of aliphatic hydroxyl groups is 2. The molecule has 0 amide bonds. The Bertz CT molecular complexity index is 873. The van der Waals surface area contributed by atoms with E-state index in [0.717, 1.165) is 60.8 Å². The van der Waals surface area contributed by atoms with Gasteiger partial charge in [0, 0.05) is 24.0 Å². The first-order valence-electron chi connectivity index (χ1n) is 13.7. The van der Waals surface area contributed by atoms with Gasteiger partial charge in [-0.25, -0.2) is 0 Å². The Morgan fingerprint density at radius 3 is 1.14 bits per heavy atom. The molecule has 36 heavy (non-hydrogen) atoms. The third-order valence-corrected chi connectivity index (χ3v) is 7.47. The van der Waals surface area contributed by atoms with E-state index < -0.39 is 0 Å². The van der Waals surface area contributed by atoms with Gasteiger partial charge in [0.2, 0.25) is 0 Å². The summed E-state index contributed by atoms with van der Waals surface area (Å²) in [5.74, 6) is 0.225. The number of ketones is 2. The molecule has 0 aromatic heterocycles. The third-order valence-electron chi connectivity index (χ3n) is 7.47. The molecule has 202 valence electrons. The maximum absolute atomic E-state index is 13.3. The van der Waals surface area contributed by atoms with E-state index in [0.29, 0.717) is 12.8 Å². The number of carbonyl (C=O) groups is 2. The van der Waals surface area contributed by atoms with Crippen molar-refractivity contribution < 1.29 is 19.8 Å². The second-order valence-corrected chi connectivity index (χ2v) is 13.8. The van der Waals surface area contributed by atoms with Gasteiger partial charge in [0.15, 0.2) is 11.6 Å². The van der Waals surface area contributed by atoms with Crippen molar-refractivity contribution in [3.8, 4) is 0 Å². The Kier molecular flexibility index (Phi) is 9.92. The van der Waals surface area contributed by atoms with Crippen LogP contribution in [-0.4, -0.2) is 35.0 Å². The molecule has 4 nitrogen and oxygen atoms in total. The van der Waals surface area contributed by atoms with E-state index in [2.05, 4.69) is 52.0 Å². The Hall–Kier alpha value is -1.78. The average molecular weight is 499 g/mol. The molecule has 0 aliphatic heterocycles.